The van der Waals surface area contributed by atoms with Crippen molar-refractivity contribution >= 4 is 0 Å². The topological polar surface area (TPSA) is 74.3 Å². The second kappa shape index (κ2) is 7.47. The molecule has 0 saturated carbocycles. The lowest BCUT2D eigenvalue weighted by Crippen LogP contribution is -2.35. The Labute approximate surface area is 141 Å². The predicted molar refractivity (Wildman–Crippen MR) is 89.4 cm³/mol. The number of aryl methyl sites for hydroxylation is 1. The Bertz CT molecular complexity index is 705. The van der Waals surface area contributed by atoms with Crippen LogP contribution in [0.2, 0.25) is 0 Å². The number of hydrogen-bond acceptors (Lipinski definition) is 5. The summed E-state index contributed by atoms with van der Waals surface area (Å²) in [6.07, 6.45) is 5.61. The number of benzene rings is 1. The zero-order valence-corrected chi connectivity index (χ0v) is 13.8. The molecular formula is C18H22N4O2. The summed E-state index contributed by atoms with van der Waals surface area (Å²) in [6.45, 7) is 1.80. The summed E-state index contributed by atoms with van der Waals surface area (Å²) in [5.74, 6) is 0.665. The van der Waals surface area contributed by atoms with Crippen LogP contribution in [-0.4, -0.2) is 45.6 Å². The average molecular weight is 326 g/mol. The number of hydrogen-bond donors (Lipinski definition) is 1. The van der Waals surface area contributed by atoms with Crippen LogP contribution in [0.3, 0.4) is 0 Å². The molecule has 1 aromatic heterocycles. The number of aliphatic hydroxyl groups excluding tert-OH is 1. The third kappa shape index (κ3) is 3.94. The minimum absolute atomic E-state index is 0.238. The smallest absolute Gasteiger partial charge is 0.119 e. The van der Waals surface area contributed by atoms with E-state index in [1.54, 1.807) is 24.3 Å². The Morgan fingerprint density at radius 2 is 2.21 bits per heavy atom. The quantitative estimate of drug-likeness (QED) is 0.877. The van der Waals surface area contributed by atoms with Crippen molar-refractivity contribution in [3.05, 3.63) is 47.8 Å². The maximum absolute atomic E-state index is 10.3. The highest BCUT2D eigenvalue weighted by Crippen LogP contribution is 2.31. The molecule has 2 atom stereocenters. The number of nitriles is 1. The molecule has 2 heterocycles. The van der Waals surface area contributed by atoms with E-state index in [1.165, 1.54) is 5.56 Å². The molecule has 1 fully saturated rings. The summed E-state index contributed by atoms with van der Waals surface area (Å²) in [5, 5.41) is 23.3. The van der Waals surface area contributed by atoms with Gasteiger partial charge >= 0.3 is 0 Å². The van der Waals surface area contributed by atoms with Crippen molar-refractivity contribution in [2.75, 3.05) is 19.7 Å². The highest BCUT2D eigenvalue weighted by Gasteiger charge is 2.28. The number of aromatic nitrogens is 2. The van der Waals surface area contributed by atoms with E-state index in [1.807, 2.05) is 24.1 Å². The van der Waals surface area contributed by atoms with Gasteiger partial charge < -0.3 is 9.84 Å². The van der Waals surface area contributed by atoms with Crippen molar-refractivity contribution in [2.24, 2.45) is 7.05 Å². The summed E-state index contributed by atoms with van der Waals surface area (Å²) in [7, 11) is 1.92. The van der Waals surface area contributed by atoms with Gasteiger partial charge in [-0.05, 0) is 43.7 Å². The van der Waals surface area contributed by atoms with E-state index >= 15 is 0 Å². The number of nitrogens with zero attached hydrogens (tertiary/aromatic N) is 4. The van der Waals surface area contributed by atoms with Crippen molar-refractivity contribution in [3.8, 4) is 11.8 Å². The summed E-state index contributed by atoms with van der Waals surface area (Å²) >= 11 is 0. The Morgan fingerprint density at radius 1 is 1.42 bits per heavy atom. The third-order valence-electron chi connectivity index (χ3n) is 4.34. The van der Waals surface area contributed by atoms with Crippen LogP contribution in [0, 0.1) is 11.3 Å². The van der Waals surface area contributed by atoms with Gasteiger partial charge in [-0.15, -0.1) is 0 Å². The highest BCUT2D eigenvalue weighted by molar-refractivity contribution is 5.34. The molecule has 0 spiro atoms. The molecule has 0 bridgehead atoms. The standard InChI is InChI=1S/C18H22N4O2/c1-21-11-15(10-20-21)18-3-2-8-22(18)12-16(23)13-24-17-6-4-14(9-19)5-7-17/h4-7,10-11,16,18,23H,2-3,8,12-13H2,1H3/t16-,18-/m1/s1. The van der Waals surface area contributed by atoms with Crippen LogP contribution >= 0.6 is 0 Å². The lowest BCUT2D eigenvalue weighted by molar-refractivity contribution is 0.0638. The van der Waals surface area contributed by atoms with Crippen LogP contribution in [0.4, 0.5) is 0 Å². The molecule has 2 aromatic rings. The molecule has 0 radical (unpaired) electrons. The van der Waals surface area contributed by atoms with Crippen LogP contribution in [0.15, 0.2) is 36.7 Å². The summed E-state index contributed by atoms with van der Waals surface area (Å²) < 4.78 is 7.44. The zero-order valence-electron chi connectivity index (χ0n) is 13.8. The molecule has 24 heavy (non-hydrogen) atoms. The van der Waals surface area contributed by atoms with E-state index in [4.69, 9.17) is 10.00 Å². The minimum atomic E-state index is -0.557. The fraction of sp³-hybridized carbons (Fsp3) is 0.444. The fourth-order valence-electron chi connectivity index (χ4n) is 3.18. The first-order valence-electron chi connectivity index (χ1n) is 8.19. The Balaban J connectivity index is 1.52. The number of rotatable bonds is 6. The molecular weight excluding hydrogens is 304 g/mol. The molecule has 3 rings (SSSR count). The van der Waals surface area contributed by atoms with Gasteiger partial charge in [-0.1, -0.05) is 0 Å². The molecule has 0 unspecified atom stereocenters. The molecule has 1 saturated heterocycles. The molecule has 1 N–H and O–H groups in total. The van der Waals surface area contributed by atoms with E-state index in [2.05, 4.69) is 16.1 Å². The van der Waals surface area contributed by atoms with Gasteiger partial charge in [-0.2, -0.15) is 10.4 Å². The number of likely N-dealkylation sites (tertiary alicyclic amines) is 1. The van der Waals surface area contributed by atoms with Crippen LogP contribution in [0.25, 0.3) is 0 Å². The molecule has 0 aliphatic carbocycles. The van der Waals surface area contributed by atoms with Gasteiger partial charge in [0.05, 0.1) is 17.8 Å². The normalized spacial score (nSPS) is 19.1. The van der Waals surface area contributed by atoms with E-state index in [0.717, 1.165) is 19.4 Å². The fourth-order valence-corrected chi connectivity index (χ4v) is 3.18. The van der Waals surface area contributed by atoms with Crippen LogP contribution in [0.1, 0.15) is 30.0 Å². The number of ether oxygens (including phenoxy) is 1. The van der Waals surface area contributed by atoms with Crippen LogP contribution in [0.5, 0.6) is 5.75 Å². The van der Waals surface area contributed by atoms with E-state index in [9.17, 15) is 5.11 Å². The van der Waals surface area contributed by atoms with Gasteiger partial charge in [0, 0.05) is 31.4 Å². The Morgan fingerprint density at radius 3 is 2.88 bits per heavy atom. The molecule has 1 aromatic carbocycles. The first-order chi connectivity index (χ1) is 11.7. The van der Waals surface area contributed by atoms with E-state index in [0.29, 0.717) is 23.9 Å². The van der Waals surface area contributed by atoms with E-state index in [-0.39, 0.29) is 6.61 Å². The van der Waals surface area contributed by atoms with Gasteiger partial charge in [-0.25, -0.2) is 0 Å². The van der Waals surface area contributed by atoms with Crippen LogP contribution in [-0.2, 0) is 7.05 Å². The molecule has 126 valence electrons. The number of aliphatic hydroxyl groups is 1. The first-order valence-corrected chi connectivity index (χ1v) is 8.19. The van der Waals surface area contributed by atoms with Crippen molar-refractivity contribution in [2.45, 2.75) is 25.0 Å². The van der Waals surface area contributed by atoms with Crippen LogP contribution < -0.4 is 4.74 Å². The minimum Gasteiger partial charge on any atom is -0.491 e. The maximum atomic E-state index is 10.3. The van der Waals surface area contributed by atoms with Crippen molar-refractivity contribution in [1.29, 1.82) is 5.26 Å². The second-order valence-corrected chi connectivity index (χ2v) is 6.20. The molecule has 1 aliphatic rings. The lowest BCUT2D eigenvalue weighted by Gasteiger charge is -2.26. The van der Waals surface area contributed by atoms with Gasteiger partial charge in [0.25, 0.3) is 0 Å². The first kappa shape index (κ1) is 16.5. The van der Waals surface area contributed by atoms with Gasteiger partial charge in [0.1, 0.15) is 18.5 Å². The van der Waals surface area contributed by atoms with Gasteiger partial charge in [0.2, 0.25) is 0 Å². The van der Waals surface area contributed by atoms with Gasteiger partial charge in [-0.3, -0.25) is 9.58 Å². The monoisotopic (exact) mass is 326 g/mol. The summed E-state index contributed by atoms with van der Waals surface area (Å²) in [5.41, 5.74) is 1.80. The Kier molecular flexibility index (Phi) is 5.14. The highest BCUT2D eigenvalue weighted by atomic mass is 16.5. The molecule has 6 nitrogen and oxygen atoms in total. The largest absolute Gasteiger partial charge is 0.491 e. The Hall–Kier alpha value is -2.36. The lowest BCUT2D eigenvalue weighted by atomic mass is 10.1. The molecule has 0 amide bonds. The van der Waals surface area contributed by atoms with Gasteiger partial charge in [0.15, 0.2) is 0 Å². The number of β-amino-alcohol motifs (C(OH)–C–C–N with tert-alkyl or cyclic N) is 1. The van der Waals surface area contributed by atoms with E-state index < -0.39 is 6.10 Å². The van der Waals surface area contributed by atoms with Crippen molar-refractivity contribution in [3.63, 3.8) is 0 Å². The maximum Gasteiger partial charge on any atom is 0.119 e. The zero-order chi connectivity index (χ0) is 16.9. The second-order valence-electron chi connectivity index (χ2n) is 6.20. The summed E-state index contributed by atoms with van der Waals surface area (Å²) in [4.78, 5) is 2.30. The van der Waals surface area contributed by atoms with Crippen molar-refractivity contribution in [1.82, 2.24) is 14.7 Å². The van der Waals surface area contributed by atoms with Crippen molar-refractivity contribution < 1.29 is 9.84 Å². The molecule has 6 heteroatoms. The summed E-state index contributed by atoms with van der Waals surface area (Å²) in [6, 6.07) is 9.31. The molecule has 1 aliphatic heterocycles. The predicted octanol–water partition coefficient (Wildman–Crippen LogP) is 1.87. The average Bonchev–Trinajstić information content (AvgIpc) is 3.22. The third-order valence-corrected chi connectivity index (χ3v) is 4.34. The SMILES string of the molecule is Cn1cc([C@H]2CCCN2C[C@@H](O)COc2ccc(C#N)cc2)cn1.